The Kier molecular flexibility index (Phi) is 2.92. The van der Waals surface area contributed by atoms with Gasteiger partial charge in [-0.3, -0.25) is 0 Å². The van der Waals surface area contributed by atoms with E-state index in [1.54, 1.807) is 0 Å². The van der Waals surface area contributed by atoms with Crippen LogP contribution in [0, 0.1) is 25.2 Å². The van der Waals surface area contributed by atoms with E-state index in [0.29, 0.717) is 0 Å². The van der Waals surface area contributed by atoms with Crippen molar-refractivity contribution in [3.63, 3.8) is 0 Å². The minimum atomic E-state index is -0.138. The van der Waals surface area contributed by atoms with Gasteiger partial charge in [0.05, 0.1) is 6.07 Å². The highest BCUT2D eigenvalue weighted by atomic mass is 14.9. The van der Waals surface area contributed by atoms with E-state index in [9.17, 15) is 0 Å². The zero-order valence-electron chi connectivity index (χ0n) is 8.26. The Morgan fingerprint density at radius 1 is 1.38 bits per heavy atom. The molecule has 0 radical (unpaired) electrons. The number of aryl methyl sites for hydroxylation is 2. The third-order valence-electron chi connectivity index (χ3n) is 1.95. The van der Waals surface area contributed by atoms with Crippen molar-refractivity contribution in [3.8, 4) is 6.07 Å². The number of nitrogens with zero attached hydrogens (tertiary/aromatic N) is 1. The monoisotopic (exact) mass is 174 g/mol. The molecular formula is C11H14N2. The maximum atomic E-state index is 8.63. The van der Waals surface area contributed by atoms with Crippen LogP contribution in [0.25, 0.3) is 0 Å². The predicted octanol–water partition coefficient (Wildman–Crippen LogP) is 2.63. The zero-order chi connectivity index (χ0) is 9.84. The molecule has 1 aromatic carbocycles. The third kappa shape index (κ3) is 2.48. The summed E-state index contributed by atoms with van der Waals surface area (Å²) in [6, 6.07) is 8.16. The lowest BCUT2D eigenvalue weighted by molar-refractivity contribution is 1.01. The Labute approximate surface area is 79.2 Å². The molecule has 0 fully saturated rings. The van der Waals surface area contributed by atoms with Crippen LogP contribution in [0.5, 0.6) is 0 Å². The summed E-state index contributed by atoms with van der Waals surface area (Å²) in [6.45, 7) is 5.95. The van der Waals surface area contributed by atoms with Crippen LogP contribution >= 0.6 is 0 Å². The number of anilines is 1. The van der Waals surface area contributed by atoms with Crippen molar-refractivity contribution in [1.82, 2.24) is 0 Å². The number of benzene rings is 1. The quantitative estimate of drug-likeness (QED) is 0.748. The van der Waals surface area contributed by atoms with E-state index in [1.165, 1.54) is 11.1 Å². The summed E-state index contributed by atoms with van der Waals surface area (Å²) < 4.78 is 0. The van der Waals surface area contributed by atoms with Crippen LogP contribution in [0.2, 0.25) is 0 Å². The normalized spacial score (nSPS) is 11.8. The molecule has 13 heavy (non-hydrogen) atoms. The molecule has 0 bridgehead atoms. The summed E-state index contributed by atoms with van der Waals surface area (Å²) in [4.78, 5) is 0. The average molecular weight is 174 g/mol. The van der Waals surface area contributed by atoms with Crippen LogP contribution in [0.4, 0.5) is 5.69 Å². The highest BCUT2D eigenvalue weighted by Crippen LogP contribution is 2.16. The Balaban J connectivity index is 2.85. The third-order valence-corrected chi connectivity index (χ3v) is 1.95. The molecule has 0 saturated heterocycles. The van der Waals surface area contributed by atoms with E-state index in [0.717, 1.165) is 5.69 Å². The molecule has 0 aliphatic heterocycles. The molecule has 1 atom stereocenters. The second-order valence-corrected chi connectivity index (χ2v) is 3.31. The maximum absolute atomic E-state index is 8.63. The number of rotatable bonds is 2. The van der Waals surface area contributed by atoms with Crippen molar-refractivity contribution in [3.05, 3.63) is 29.3 Å². The number of hydrogen-bond donors (Lipinski definition) is 1. The van der Waals surface area contributed by atoms with Gasteiger partial charge in [0.15, 0.2) is 0 Å². The number of nitriles is 1. The molecule has 0 aliphatic rings. The molecule has 0 spiro atoms. The first-order valence-electron chi connectivity index (χ1n) is 4.37. The van der Waals surface area contributed by atoms with Gasteiger partial charge in [-0.15, -0.1) is 0 Å². The lowest BCUT2D eigenvalue weighted by Crippen LogP contribution is -2.12. The summed E-state index contributed by atoms with van der Waals surface area (Å²) >= 11 is 0. The summed E-state index contributed by atoms with van der Waals surface area (Å²) in [5, 5.41) is 11.8. The van der Waals surface area contributed by atoms with Crippen LogP contribution in [-0.4, -0.2) is 6.04 Å². The fourth-order valence-electron chi connectivity index (χ4n) is 1.24. The summed E-state index contributed by atoms with van der Waals surface area (Å²) in [5.41, 5.74) is 3.47. The molecule has 0 aromatic heterocycles. The second kappa shape index (κ2) is 3.95. The Bertz CT molecular complexity index is 336. The van der Waals surface area contributed by atoms with Gasteiger partial charge in [-0.2, -0.15) is 5.26 Å². The molecular weight excluding hydrogens is 160 g/mol. The van der Waals surface area contributed by atoms with Gasteiger partial charge in [0.1, 0.15) is 6.04 Å². The standard InChI is InChI=1S/C11H14N2/c1-8-4-5-11(9(2)6-8)13-10(3)7-12/h4-6,10,13H,1-3H3. The smallest absolute Gasteiger partial charge is 0.111 e. The Morgan fingerprint density at radius 2 is 2.08 bits per heavy atom. The van der Waals surface area contributed by atoms with Gasteiger partial charge in [-0.05, 0) is 32.4 Å². The fourth-order valence-corrected chi connectivity index (χ4v) is 1.24. The first-order valence-corrected chi connectivity index (χ1v) is 4.37. The van der Waals surface area contributed by atoms with E-state index in [4.69, 9.17) is 5.26 Å². The molecule has 0 heterocycles. The van der Waals surface area contributed by atoms with Gasteiger partial charge in [0.25, 0.3) is 0 Å². The van der Waals surface area contributed by atoms with Gasteiger partial charge in [-0.1, -0.05) is 17.7 Å². The lowest BCUT2D eigenvalue weighted by Gasteiger charge is -2.11. The van der Waals surface area contributed by atoms with Gasteiger partial charge in [0, 0.05) is 5.69 Å². The van der Waals surface area contributed by atoms with Gasteiger partial charge in [0.2, 0.25) is 0 Å². The number of hydrogen-bond acceptors (Lipinski definition) is 2. The average Bonchev–Trinajstić information content (AvgIpc) is 2.09. The highest BCUT2D eigenvalue weighted by Gasteiger charge is 2.01. The molecule has 1 unspecified atom stereocenters. The zero-order valence-corrected chi connectivity index (χ0v) is 8.26. The Morgan fingerprint density at radius 3 is 2.62 bits per heavy atom. The molecule has 1 N–H and O–H groups in total. The molecule has 2 heteroatoms. The lowest BCUT2D eigenvalue weighted by atomic mass is 10.1. The summed E-state index contributed by atoms with van der Waals surface area (Å²) in [7, 11) is 0. The highest BCUT2D eigenvalue weighted by molar-refractivity contribution is 5.53. The number of nitrogens with one attached hydrogen (secondary N) is 1. The molecule has 1 aromatic rings. The van der Waals surface area contributed by atoms with Crippen LogP contribution in [0.1, 0.15) is 18.1 Å². The molecule has 0 amide bonds. The van der Waals surface area contributed by atoms with E-state index in [2.05, 4.69) is 24.4 Å². The predicted molar refractivity (Wildman–Crippen MR) is 54.6 cm³/mol. The van der Waals surface area contributed by atoms with Gasteiger partial charge >= 0.3 is 0 Å². The second-order valence-electron chi connectivity index (χ2n) is 3.31. The van der Waals surface area contributed by atoms with Gasteiger partial charge in [-0.25, -0.2) is 0 Å². The van der Waals surface area contributed by atoms with Crippen LogP contribution in [-0.2, 0) is 0 Å². The van der Waals surface area contributed by atoms with Crippen molar-refractivity contribution >= 4 is 5.69 Å². The van der Waals surface area contributed by atoms with Crippen LogP contribution in [0.15, 0.2) is 18.2 Å². The van der Waals surface area contributed by atoms with E-state index < -0.39 is 0 Å². The van der Waals surface area contributed by atoms with E-state index in [1.807, 2.05) is 26.0 Å². The Hall–Kier alpha value is -1.49. The topological polar surface area (TPSA) is 35.8 Å². The van der Waals surface area contributed by atoms with Crippen molar-refractivity contribution in [2.45, 2.75) is 26.8 Å². The molecule has 2 nitrogen and oxygen atoms in total. The van der Waals surface area contributed by atoms with E-state index >= 15 is 0 Å². The summed E-state index contributed by atoms with van der Waals surface area (Å²) in [5.74, 6) is 0. The van der Waals surface area contributed by atoms with Crippen molar-refractivity contribution in [2.24, 2.45) is 0 Å². The molecule has 1 rings (SSSR count). The minimum Gasteiger partial charge on any atom is -0.370 e. The fraction of sp³-hybridized carbons (Fsp3) is 0.364. The van der Waals surface area contributed by atoms with Crippen molar-refractivity contribution in [1.29, 1.82) is 5.26 Å². The maximum Gasteiger partial charge on any atom is 0.111 e. The van der Waals surface area contributed by atoms with Crippen LogP contribution in [0.3, 0.4) is 0 Å². The largest absolute Gasteiger partial charge is 0.370 e. The first-order chi connectivity index (χ1) is 6.13. The van der Waals surface area contributed by atoms with E-state index in [-0.39, 0.29) is 6.04 Å². The summed E-state index contributed by atoms with van der Waals surface area (Å²) in [6.07, 6.45) is 0. The minimum absolute atomic E-state index is 0.138. The molecule has 0 aliphatic carbocycles. The first kappa shape index (κ1) is 9.60. The SMILES string of the molecule is Cc1ccc(NC(C)C#N)c(C)c1. The van der Waals surface area contributed by atoms with Crippen LogP contribution < -0.4 is 5.32 Å². The molecule has 0 saturated carbocycles. The van der Waals surface area contributed by atoms with Crippen molar-refractivity contribution < 1.29 is 0 Å². The van der Waals surface area contributed by atoms with Gasteiger partial charge < -0.3 is 5.32 Å². The van der Waals surface area contributed by atoms with Crippen molar-refractivity contribution in [2.75, 3.05) is 5.32 Å². The molecule has 68 valence electrons.